The van der Waals surface area contributed by atoms with Crippen molar-refractivity contribution in [3.63, 3.8) is 0 Å². The zero-order chi connectivity index (χ0) is 14.0. The summed E-state index contributed by atoms with van der Waals surface area (Å²) in [6, 6.07) is 7.09. The number of anilines is 1. The second-order valence-corrected chi connectivity index (χ2v) is 3.73. The van der Waals surface area contributed by atoms with E-state index in [9.17, 15) is 23.8 Å². The Morgan fingerprint density at radius 3 is 2.47 bits per heavy atom. The third kappa shape index (κ3) is 2.47. The minimum absolute atomic E-state index is 0.247. The van der Waals surface area contributed by atoms with E-state index in [1.165, 1.54) is 30.3 Å². The fourth-order valence-corrected chi connectivity index (χ4v) is 1.50. The van der Waals surface area contributed by atoms with Crippen molar-refractivity contribution in [2.45, 2.75) is 0 Å². The molecule has 0 saturated carbocycles. The van der Waals surface area contributed by atoms with Crippen LogP contribution >= 0.6 is 0 Å². The van der Waals surface area contributed by atoms with Gasteiger partial charge in [-0.2, -0.15) is 0 Å². The molecule has 0 bridgehead atoms. The summed E-state index contributed by atoms with van der Waals surface area (Å²) in [6.45, 7) is 0. The van der Waals surface area contributed by atoms with E-state index in [4.69, 9.17) is 0 Å². The fourth-order valence-electron chi connectivity index (χ4n) is 1.50. The molecule has 2 aromatic carbocycles. The van der Waals surface area contributed by atoms with Gasteiger partial charge in [-0.05, 0) is 24.3 Å². The van der Waals surface area contributed by atoms with Crippen molar-refractivity contribution in [1.29, 1.82) is 0 Å². The van der Waals surface area contributed by atoms with Crippen LogP contribution in [0.2, 0.25) is 0 Å². The minimum atomic E-state index is -1.20. The number of carbonyl (C=O) groups excluding carboxylic acids is 1. The Balaban J connectivity index is 2.31. The summed E-state index contributed by atoms with van der Waals surface area (Å²) in [5.41, 5.74) is -0.601. The smallest absolute Gasteiger partial charge is 0.259 e. The van der Waals surface area contributed by atoms with Crippen LogP contribution in [0.1, 0.15) is 10.4 Å². The number of hydrogen-bond acceptors (Lipinski definition) is 3. The van der Waals surface area contributed by atoms with E-state index in [1.807, 2.05) is 0 Å². The molecule has 0 saturated heterocycles. The zero-order valence-corrected chi connectivity index (χ0v) is 9.52. The standard InChI is InChI=1S/C13H9F2NO3/c14-8-4-2-5-9(11(8)15)16-13(19)7-3-1-6-10(17)12(7)18/h1-6,17-18H,(H,16,19). The Kier molecular flexibility index (Phi) is 3.33. The molecule has 0 atom stereocenters. The van der Waals surface area contributed by atoms with Gasteiger partial charge in [0.15, 0.2) is 23.1 Å². The maximum atomic E-state index is 13.4. The van der Waals surface area contributed by atoms with Crippen LogP contribution in [-0.4, -0.2) is 16.1 Å². The Morgan fingerprint density at radius 1 is 1.05 bits per heavy atom. The molecule has 0 aliphatic carbocycles. The van der Waals surface area contributed by atoms with E-state index in [-0.39, 0.29) is 11.3 Å². The Morgan fingerprint density at radius 2 is 1.74 bits per heavy atom. The average molecular weight is 265 g/mol. The van der Waals surface area contributed by atoms with Gasteiger partial charge in [0, 0.05) is 0 Å². The van der Waals surface area contributed by atoms with Crippen LogP contribution in [0.3, 0.4) is 0 Å². The first-order valence-electron chi connectivity index (χ1n) is 5.27. The van der Waals surface area contributed by atoms with Gasteiger partial charge in [0.05, 0.1) is 11.3 Å². The molecule has 3 N–H and O–H groups in total. The highest BCUT2D eigenvalue weighted by Crippen LogP contribution is 2.29. The van der Waals surface area contributed by atoms with Crippen LogP contribution < -0.4 is 5.32 Å². The Labute approximate surface area is 106 Å². The van der Waals surface area contributed by atoms with E-state index >= 15 is 0 Å². The van der Waals surface area contributed by atoms with E-state index in [1.54, 1.807) is 0 Å². The van der Waals surface area contributed by atoms with Crippen LogP contribution in [0.5, 0.6) is 11.5 Å². The molecule has 0 radical (unpaired) electrons. The van der Waals surface area contributed by atoms with Crippen molar-refractivity contribution in [3.8, 4) is 11.5 Å². The highest BCUT2D eigenvalue weighted by molar-refractivity contribution is 6.06. The van der Waals surface area contributed by atoms with Gasteiger partial charge in [0.1, 0.15) is 0 Å². The van der Waals surface area contributed by atoms with Gasteiger partial charge in [-0.15, -0.1) is 0 Å². The molecule has 0 heterocycles. The number of halogens is 2. The quantitative estimate of drug-likeness (QED) is 0.731. The molecule has 6 heteroatoms. The SMILES string of the molecule is O=C(Nc1cccc(F)c1F)c1cccc(O)c1O. The van der Waals surface area contributed by atoms with Gasteiger partial charge in [-0.3, -0.25) is 4.79 Å². The molecule has 0 aliphatic heterocycles. The second-order valence-electron chi connectivity index (χ2n) is 3.73. The number of benzene rings is 2. The summed E-state index contributed by atoms with van der Waals surface area (Å²) < 4.78 is 26.3. The van der Waals surface area contributed by atoms with Crippen molar-refractivity contribution < 1.29 is 23.8 Å². The molecular formula is C13H9F2NO3. The predicted octanol–water partition coefficient (Wildman–Crippen LogP) is 2.63. The van der Waals surface area contributed by atoms with Crippen molar-refractivity contribution in [3.05, 3.63) is 53.6 Å². The Bertz CT molecular complexity index is 644. The second kappa shape index (κ2) is 4.93. The first kappa shape index (κ1) is 12.8. The first-order chi connectivity index (χ1) is 9.00. The average Bonchev–Trinajstić information content (AvgIpc) is 2.38. The number of para-hydroxylation sites is 1. The van der Waals surface area contributed by atoms with Crippen LogP contribution in [0.15, 0.2) is 36.4 Å². The Hall–Kier alpha value is -2.63. The highest BCUT2D eigenvalue weighted by atomic mass is 19.2. The lowest BCUT2D eigenvalue weighted by Crippen LogP contribution is -2.13. The number of carbonyl (C=O) groups is 1. The van der Waals surface area contributed by atoms with Crippen molar-refractivity contribution in [1.82, 2.24) is 0 Å². The zero-order valence-electron chi connectivity index (χ0n) is 9.52. The van der Waals surface area contributed by atoms with E-state index < -0.39 is 29.0 Å². The molecule has 2 aromatic rings. The molecule has 0 aliphatic rings. The molecule has 2 rings (SSSR count). The van der Waals surface area contributed by atoms with Gasteiger partial charge in [0.25, 0.3) is 5.91 Å². The first-order valence-corrected chi connectivity index (χ1v) is 5.27. The van der Waals surface area contributed by atoms with Crippen molar-refractivity contribution in [2.75, 3.05) is 5.32 Å². The predicted molar refractivity (Wildman–Crippen MR) is 64.1 cm³/mol. The molecule has 0 spiro atoms. The fraction of sp³-hybridized carbons (Fsp3) is 0. The van der Waals surface area contributed by atoms with Crippen LogP contribution in [0.4, 0.5) is 14.5 Å². The summed E-state index contributed by atoms with van der Waals surface area (Å²) in [4.78, 5) is 11.8. The molecule has 0 aromatic heterocycles. The number of nitrogens with one attached hydrogen (secondary N) is 1. The van der Waals surface area contributed by atoms with Gasteiger partial charge in [-0.1, -0.05) is 12.1 Å². The van der Waals surface area contributed by atoms with Crippen LogP contribution in [0, 0.1) is 11.6 Å². The van der Waals surface area contributed by atoms with Crippen molar-refractivity contribution in [2.24, 2.45) is 0 Å². The minimum Gasteiger partial charge on any atom is -0.504 e. The highest BCUT2D eigenvalue weighted by Gasteiger charge is 2.16. The molecule has 4 nitrogen and oxygen atoms in total. The van der Waals surface area contributed by atoms with Crippen molar-refractivity contribution >= 4 is 11.6 Å². The number of amides is 1. The normalized spacial score (nSPS) is 10.2. The number of phenolic OH excluding ortho intramolecular Hbond substituents is 2. The number of hydrogen-bond donors (Lipinski definition) is 3. The van der Waals surface area contributed by atoms with Gasteiger partial charge in [-0.25, -0.2) is 8.78 Å². The van der Waals surface area contributed by atoms with E-state index in [0.29, 0.717) is 0 Å². The summed E-state index contributed by atoms with van der Waals surface area (Å²) in [7, 11) is 0. The number of aromatic hydroxyl groups is 2. The number of phenols is 2. The molecule has 19 heavy (non-hydrogen) atoms. The van der Waals surface area contributed by atoms with E-state index in [0.717, 1.165) is 6.07 Å². The topological polar surface area (TPSA) is 69.6 Å². The lowest BCUT2D eigenvalue weighted by Gasteiger charge is -2.08. The van der Waals surface area contributed by atoms with Crippen LogP contribution in [-0.2, 0) is 0 Å². The van der Waals surface area contributed by atoms with Gasteiger partial charge >= 0.3 is 0 Å². The summed E-state index contributed by atoms with van der Waals surface area (Å²) >= 11 is 0. The monoisotopic (exact) mass is 265 g/mol. The lowest BCUT2D eigenvalue weighted by molar-refractivity contribution is 0.102. The summed E-state index contributed by atoms with van der Waals surface area (Å²) in [5, 5.41) is 20.9. The number of rotatable bonds is 2. The third-order valence-corrected chi connectivity index (χ3v) is 2.46. The maximum Gasteiger partial charge on any atom is 0.259 e. The molecule has 1 amide bonds. The van der Waals surface area contributed by atoms with Crippen LogP contribution in [0.25, 0.3) is 0 Å². The molecular weight excluding hydrogens is 256 g/mol. The van der Waals surface area contributed by atoms with Gasteiger partial charge < -0.3 is 15.5 Å². The summed E-state index contributed by atoms with van der Waals surface area (Å²) in [6.07, 6.45) is 0. The van der Waals surface area contributed by atoms with E-state index in [2.05, 4.69) is 5.32 Å². The largest absolute Gasteiger partial charge is 0.504 e. The molecule has 0 fully saturated rings. The summed E-state index contributed by atoms with van der Waals surface area (Å²) in [5.74, 6) is -4.27. The van der Waals surface area contributed by atoms with Gasteiger partial charge in [0.2, 0.25) is 0 Å². The lowest BCUT2D eigenvalue weighted by atomic mass is 10.1. The third-order valence-electron chi connectivity index (χ3n) is 2.46. The maximum absolute atomic E-state index is 13.4. The molecule has 0 unspecified atom stereocenters. The molecule has 98 valence electrons.